The fourth-order valence-corrected chi connectivity index (χ4v) is 2.50. The third kappa shape index (κ3) is 1.45. The van der Waals surface area contributed by atoms with E-state index in [0.29, 0.717) is 0 Å². The summed E-state index contributed by atoms with van der Waals surface area (Å²) in [5.41, 5.74) is 0. The predicted octanol–water partition coefficient (Wildman–Crippen LogP) is 3.20. The molecule has 17 heavy (non-hydrogen) atoms. The van der Waals surface area contributed by atoms with E-state index in [4.69, 9.17) is 0 Å². The summed E-state index contributed by atoms with van der Waals surface area (Å²) in [7, 11) is 0. The van der Waals surface area contributed by atoms with Gasteiger partial charge in [-0.1, -0.05) is 61.2 Å². The van der Waals surface area contributed by atoms with Gasteiger partial charge in [-0.2, -0.15) is 0 Å². The SMILES string of the molecule is C=c1cccc2ccc3cccc(=CC)c3c12. The van der Waals surface area contributed by atoms with Crippen LogP contribution in [0.5, 0.6) is 0 Å². The summed E-state index contributed by atoms with van der Waals surface area (Å²) in [6, 6.07) is 17.1. The normalized spacial score (nSPS) is 12.4. The molecule has 0 fully saturated rings. The summed E-state index contributed by atoms with van der Waals surface area (Å²) in [5, 5.41) is 7.52. The van der Waals surface area contributed by atoms with Gasteiger partial charge < -0.3 is 0 Å². The van der Waals surface area contributed by atoms with E-state index >= 15 is 0 Å². The van der Waals surface area contributed by atoms with Crippen molar-refractivity contribution < 1.29 is 0 Å². The Morgan fingerprint density at radius 1 is 0.824 bits per heavy atom. The first-order valence-corrected chi connectivity index (χ1v) is 5.87. The zero-order valence-corrected chi connectivity index (χ0v) is 9.90. The molecule has 82 valence electrons. The second kappa shape index (κ2) is 3.74. The lowest BCUT2D eigenvalue weighted by Gasteiger charge is -2.05. The van der Waals surface area contributed by atoms with Crippen LogP contribution < -0.4 is 10.4 Å². The van der Waals surface area contributed by atoms with Gasteiger partial charge in [0.25, 0.3) is 0 Å². The van der Waals surface area contributed by atoms with E-state index in [2.05, 4.69) is 68.1 Å². The lowest BCUT2D eigenvalue weighted by Crippen LogP contribution is -2.06. The summed E-state index contributed by atoms with van der Waals surface area (Å²) in [5.74, 6) is 0. The van der Waals surface area contributed by atoms with Crippen molar-refractivity contribution in [2.24, 2.45) is 0 Å². The van der Waals surface area contributed by atoms with Crippen LogP contribution in [-0.4, -0.2) is 0 Å². The molecule has 0 atom stereocenters. The molecule has 0 saturated heterocycles. The smallest absolute Gasteiger partial charge is 0.00303 e. The summed E-state index contributed by atoms with van der Waals surface area (Å²) in [6.07, 6.45) is 2.16. The second-order valence-electron chi connectivity index (χ2n) is 4.31. The van der Waals surface area contributed by atoms with Gasteiger partial charge in [-0.3, -0.25) is 0 Å². The van der Waals surface area contributed by atoms with Gasteiger partial charge in [0.15, 0.2) is 0 Å². The van der Waals surface area contributed by atoms with Crippen LogP contribution in [0.15, 0.2) is 48.5 Å². The number of fused-ring (bicyclic) bond motifs is 3. The monoisotopic (exact) mass is 218 g/mol. The lowest BCUT2D eigenvalue weighted by atomic mass is 9.99. The molecule has 3 aromatic carbocycles. The Labute approximate surface area is 101 Å². The number of benzene rings is 3. The molecular weight excluding hydrogens is 204 g/mol. The van der Waals surface area contributed by atoms with Gasteiger partial charge in [0.05, 0.1) is 0 Å². The number of hydrogen-bond acceptors (Lipinski definition) is 0. The summed E-state index contributed by atoms with van der Waals surface area (Å²) < 4.78 is 0. The highest BCUT2D eigenvalue weighted by atomic mass is 14.0. The molecule has 3 aromatic rings. The maximum absolute atomic E-state index is 4.16. The third-order valence-electron chi connectivity index (χ3n) is 3.32. The Morgan fingerprint density at radius 3 is 2.18 bits per heavy atom. The average molecular weight is 218 g/mol. The van der Waals surface area contributed by atoms with Gasteiger partial charge in [0.1, 0.15) is 0 Å². The Morgan fingerprint density at radius 2 is 1.47 bits per heavy atom. The van der Waals surface area contributed by atoms with E-state index in [-0.39, 0.29) is 0 Å². The molecule has 0 aliphatic carbocycles. The minimum Gasteiger partial charge on any atom is -0.0911 e. The van der Waals surface area contributed by atoms with E-state index < -0.39 is 0 Å². The second-order valence-corrected chi connectivity index (χ2v) is 4.31. The Bertz CT molecular complexity index is 810. The molecule has 0 saturated carbocycles. The molecule has 0 heteroatoms. The van der Waals surface area contributed by atoms with Crippen molar-refractivity contribution >= 4 is 34.2 Å². The van der Waals surface area contributed by atoms with Crippen LogP contribution in [0.4, 0.5) is 0 Å². The molecule has 0 heterocycles. The van der Waals surface area contributed by atoms with Gasteiger partial charge >= 0.3 is 0 Å². The fraction of sp³-hybridized carbons (Fsp3) is 0.0588. The molecule has 0 nitrogen and oxygen atoms in total. The van der Waals surface area contributed by atoms with E-state index in [1.165, 1.54) is 26.8 Å². The molecule has 0 aromatic heterocycles. The molecule has 0 amide bonds. The molecule has 0 spiro atoms. The van der Waals surface area contributed by atoms with Crippen LogP contribution in [0.2, 0.25) is 0 Å². The van der Waals surface area contributed by atoms with Crippen LogP contribution in [-0.2, 0) is 0 Å². The summed E-state index contributed by atoms with van der Waals surface area (Å²) >= 11 is 0. The van der Waals surface area contributed by atoms with Crippen molar-refractivity contribution in [3.05, 3.63) is 59.0 Å². The van der Waals surface area contributed by atoms with Crippen LogP contribution in [0.3, 0.4) is 0 Å². The first-order chi connectivity index (χ1) is 8.31. The van der Waals surface area contributed by atoms with Gasteiger partial charge in [-0.15, -0.1) is 0 Å². The van der Waals surface area contributed by atoms with Crippen LogP contribution in [0, 0.1) is 0 Å². The fourth-order valence-electron chi connectivity index (χ4n) is 2.50. The Hall–Kier alpha value is -2.08. The molecule has 0 bridgehead atoms. The zero-order valence-electron chi connectivity index (χ0n) is 9.90. The first kappa shape index (κ1) is 10.1. The molecule has 0 N–H and O–H groups in total. The van der Waals surface area contributed by atoms with Crippen LogP contribution >= 0.6 is 0 Å². The summed E-state index contributed by atoms with van der Waals surface area (Å²) in [4.78, 5) is 0. The van der Waals surface area contributed by atoms with Crippen LogP contribution in [0.1, 0.15) is 6.92 Å². The maximum atomic E-state index is 4.16. The summed E-state index contributed by atoms with van der Waals surface area (Å²) in [6.45, 7) is 6.24. The van der Waals surface area contributed by atoms with Crippen molar-refractivity contribution in [3.63, 3.8) is 0 Å². The van der Waals surface area contributed by atoms with Gasteiger partial charge in [0, 0.05) is 0 Å². The van der Waals surface area contributed by atoms with E-state index in [0.717, 1.165) is 5.22 Å². The molecule has 0 aliphatic rings. The highest BCUT2D eigenvalue weighted by Gasteiger charge is 2.01. The number of rotatable bonds is 0. The van der Waals surface area contributed by atoms with Crippen molar-refractivity contribution in [3.8, 4) is 0 Å². The molecular formula is C17H14. The lowest BCUT2D eigenvalue weighted by molar-refractivity contribution is 1.66. The van der Waals surface area contributed by atoms with E-state index in [1.54, 1.807) is 0 Å². The predicted molar refractivity (Wildman–Crippen MR) is 76.4 cm³/mol. The van der Waals surface area contributed by atoms with Gasteiger partial charge in [-0.05, 0) is 38.9 Å². The molecule has 3 rings (SSSR count). The van der Waals surface area contributed by atoms with Crippen molar-refractivity contribution in [1.29, 1.82) is 0 Å². The van der Waals surface area contributed by atoms with Crippen molar-refractivity contribution in [2.45, 2.75) is 6.92 Å². The average Bonchev–Trinajstić information content (AvgIpc) is 2.38. The standard InChI is InChI=1S/C17H14/c1-3-13-7-5-9-15-11-10-14-8-4-6-12(2)16(14)17(13)15/h3-11H,2H2,1H3. The van der Waals surface area contributed by atoms with E-state index in [1.807, 2.05) is 0 Å². The number of hydrogen-bond donors (Lipinski definition) is 0. The zero-order chi connectivity index (χ0) is 11.8. The minimum absolute atomic E-state index is 1.10. The minimum atomic E-state index is 1.10. The van der Waals surface area contributed by atoms with Crippen molar-refractivity contribution in [2.75, 3.05) is 0 Å². The topological polar surface area (TPSA) is 0 Å². The van der Waals surface area contributed by atoms with Gasteiger partial charge in [0.2, 0.25) is 0 Å². The van der Waals surface area contributed by atoms with Crippen molar-refractivity contribution in [1.82, 2.24) is 0 Å². The first-order valence-electron chi connectivity index (χ1n) is 5.87. The van der Waals surface area contributed by atoms with Gasteiger partial charge in [-0.25, -0.2) is 0 Å². The Balaban J connectivity index is 2.77. The molecule has 0 aliphatic heterocycles. The largest absolute Gasteiger partial charge is 0.0911 e. The van der Waals surface area contributed by atoms with E-state index in [9.17, 15) is 0 Å². The third-order valence-corrected chi connectivity index (χ3v) is 3.32. The molecule has 0 unspecified atom stereocenters. The highest BCUT2D eigenvalue weighted by molar-refractivity contribution is 6.07. The quantitative estimate of drug-likeness (QED) is 0.508. The highest BCUT2D eigenvalue weighted by Crippen LogP contribution is 2.19. The maximum Gasteiger partial charge on any atom is -0.00303 e. The Kier molecular flexibility index (Phi) is 2.22. The molecule has 0 radical (unpaired) electrons. The van der Waals surface area contributed by atoms with Crippen LogP contribution in [0.25, 0.3) is 34.2 Å².